The minimum Gasteiger partial charge on any atom is -0.497 e. The molecular weight excluding hydrogens is 226 g/mol. The molecule has 0 N–H and O–H groups in total. The third kappa shape index (κ3) is 2.35. The first-order chi connectivity index (χ1) is 8.76. The third-order valence-electron chi connectivity index (χ3n) is 2.75. The van der Waals surface area contributed by atoms with Gasteiger partial charge >= 0.3 is 0 Å². The highest BCUT2D eigenvalue weighted by molar-refractivity contribution is 5.60. The van der Waals surface area contributed by atoms with Crippen molar-refractivity contribution in [1.82, 2.24) is 4.57 Å². The second-order valence-electron chi connectivity index (χ2n) is 3.88. The van der Waals surface area contributed by atoms with Crippen LogP contribution in [0.1, 0.15) is 0 Å². The monoisotopic (exact) mass is 241 g/mol. The molecule has 0 unspecified atom stereocenters. The van der Waals surface area contributed by atoms with E-state index in [1.165, 1.54) is 0 Å². The van der Waals surface area contributed by atoms with E-state index in [-0.39, 0.29) is 5.56 Å². The Labute approximate surface area is 106 Å². The van der Waals surface area contributed by atoms with Crippen LogP contribution in [0.15, 0.2) is 59.9 Å². The smallest absolute Gasteiger partial charge is 0.251 e. The first kappa shape index (κ1) is 12.2. The molecule has 0 bridgehead atoms. The van der Waals surface area contributed by atoms with Crippen molar-refractivity contribution >= 4 is 0 Å². The number of rotatable bonds is 4. The molecule has 0 spiro atoms. The number of allylic oxidation sites excluding steroid dienone is 1. The van der Waals surface area contributed by atoms with Gasteiger partial charge in [-0.15, -0.1) is 6.58 Å². The lowest BCUT2D eigenvalue weighted by molar-refractivity contribution is 0.415. The molecule has 0 saturated carbocycles. The van der Waals surface area contributed by atoms with Gasteiger partial charge in [0.1, 0.15) is 5.75 Å². The van der Waals surface area contributed by atoms with Crippen molar-refractivity contribution in [3.05, 3.63) is 65.5 Å². The van der Waals surface area contributed by atoms with E-state index in [1.807, 2.05) is 30.3 Å². The Morgan fingerprint density at radius 2 is 1.94 bits per heavy atom. The molecule has 0 atom stereocenters. The van der Waals surface area contributed by atoms with Gasteiger partial charge in [0.15, 0.2) is 0 Å². The summed E-state index contributed by atoms with van der Waals surface area (Å²) in [6, 6.07) is 12.9. The Morgan fingerprint density at radius 3 is 2.56 bits per heavy atom. The van der Waals surface area contributed by atoms with Crippen molar-refractivity contribution in [2.24, 2.45) is 0 Å². The van der Waals surface area contributed by atoms with E-state index in [1.54, 1.807) is 29.9 Å². The zero-order valence-corrected chi connectivity index (χ0v) is 10.3. The van der Waals surface area contributed by atoms with Crippen LogP contribution >= 0.6 is 0 Å². The lowest BCUT2D eigenvalue weighted by atomic mass is 10.1. The van der Waals surface area contributed by atoms with Crippen LogP contribution in [0.4, 0.5) is 0 Å². The van der Waals surface area contributed by atoms with Crippen LogP contribution in [0, 0.1) is 0 Å². The Hall–Kier alpha value is -2.29. The maximum Gasteiger partial charge on any atom is 0.251 e. The molecule has 0 aliphatic carbocycles. The first-order valence-corrected chi connectivity index (χ1v) is 5.71. The van der Waals surface area contributed by atoms with Crippen molar-refractivity contribution in [3.63, 3.8) is 0 Å². The van der Waals surface area contributed by atoms with Crippen LogP contribution in [0.2, 0.25) is 0 Å². The summed E-state index contributed by atoms with van der Waals surface area (Å²) in [7, 11) is 1.63. The van der Waals surface area contributed by atoms with Gasteiger partial charge in [0.25, 0.3) is 5.56 Å². The van der Waals surface area contributed by atoms with Crippen molar-refractivity contribution in [2.75, 3.05) is 7.11 Å². The van der Waals surface area contributed by atoms with Gasteiger partial charge in [0, 0.05) is 12.6 Å². The van der Waals surface area contributed by atoms with Gasteiger partial charge in [0.2, 0.25) is 0 Å². The Kier molecular flexibility index (Phi) is 3.63. The zero-order valence-electron chi connectivity index (χ0n) is 10.3. The fourth-order valence-electron chi connectivity index (χ4n) is 1.85. The number of benzene rings is 1. The third-order valence-corrected chi connectivity index (χ3v) is 2.75. The SMILES string of the molecule is C=CCn1c(-c2ccc(OC)cc2)cccc1=O. The average Bonchev–Trinajstić information content (AvgIpc) is 2.41. The summed E-state index contributed by atoms with van der Waals surface area (Å²) in [5.41, 5.74) is 1.84. The molecule has 0 aliphatic rings. The molecule has 2 rings (SSSR count). The average molecular weight is 241 g/mol. The summed E-state index contributed by atoms with van der Waals surface area (Å²) in [5, 5.41) is 0. The molecule has 3 heteroatoms. The maximum atomic E-state index is 11.8. The summed E-state index contributed by atoms with van der Waals surface area (Å²) in [6.45, 7) is 4.18. The van der Waals surface area contributed by atoms with Crippen molar-refractivity contribution in [3.8, 4) is 17.0 Å². The highest BCUT2D eigenvalue weighted by Gasteiger charge is 2.04. The van der Waals surface area contributed by atoms with Gasteiger partial charge in [0.05, 0.1) is 12.8 Å². The minimum atomic E-state index is -0.0248. The molecular formula is C15H15NO2. The van der Waals surface area contributed by atoms with Gasteiger partial charge in [-0.25, -0.2) is 0 Å². The van der Waals surface area contributed by atoms with Gasteiger partial charge in [-0.3, -0.25) is 4.79 Å². The quantitative estimate of drug-likeness (QED) is 0.771. The molecule has 0 radical (unpaired) electrons. The molecule has 2 aromatic rings. The molecule has 1 aromatic carbocycles. The van der Waals surface area contributed by atoms with E-state index in [0.717, 1.165) is 17.0 Å². The highest BCUT2D eigenvalue weighted by Crippen LogP contribution is 2.21. The van der Waals surface area contributed by atoms with E-state index in [9.17, 15) is 4.79 Å². The van der Waals surface area contributed by atoms with Crippen LogP contribution in [0.5, 0.6) is 5.75 Å². The van der Waals surface area contributed by atoms with E-state index in [0.29, 0.717) is 6.54 Å². The van der Waals surface area contributed by atoms with Crippen molar-refractivity contribution in [1.29, 1.82) is 0 Å². The maximum absolute atomic E-state index is 11.8. The van der Waals surface area contributed by atoms with Gasteiger partial charge < -0.3 is 9.30 Å². The van der Waals surface area contributed by atoms with Crippen LogP contribution in [-0.2, 0) is 6.54 Å². The van der Waals surface area contributed by atoms with Crippen LogP contribution < -0.4 is 10.3 Å². The summed E-state index contributed by atoms with van der Waals surface area (Å²) < 4.78 is 6.81. The van der Waals surface area contributed by atoms with E-state index in [4.69, 9.17) is 4.74 Å². The standard InChI is InChI=1S/C15H15NO2/c1-3-11-16-14(5-4-6-15(16)17)12-7-9-13(18-2)10-8-12/h3-10H,1,11H2,2H3. The Morgan fingerprint density at radius 1 is 1.22 bits per heavy atom. The largest absolute Gasteiger partial charge is 0.497 e. The predicted octanol–water partition coefficient (Wildman–Crippen LogP) is 2.71. The van der Waals surface area contributed by atoms with E-state index >= 15 is 0 Å². The molecule has 18 heavy (non-hydrogen) atoms. The lowest BCUT2D eigenvalue weighted by Gasteiger charge is -2.11. The minimum absolute atomic E-state index is 0.0248. The topological polar surface area (TPSA) is 31.2 Å². The molecule has 0 fully saturated rings. The van der Waals surface area contributed by atoms with Gasteiger partial charge in [-0.2, -0.15) is 0 Å². The van der Waals surface area contributed by atoms with E-state index < -0.39 is 0 Å². The second-order valence-corrected chi connectivity index (χ2v) is 3.88. The molecule has 92 valence electrons. The van der Waals surface area contributed by atoms with Crippen LogP contribution in [0.25, 0.3) is 11.3 Å². The van der Waals surface area contributed by atoms with Crippen molar-refractivity contribution < 1.29 is 4.74 Å². The molecule has 0 amide bonds. The molecule has 0 aliphatic heterocycles. The molecule has 0 saturated heterocycles. The van der Waals surface area contributed by atoms with E-state index in [2.05, 4.69) is 6.58 Å². The fraction of sp³-hybridized carbons (Fsp3) is 0.133. The number of methoxy groups -OCH3 is 1. The zero-order chi connectivity index (χ0) is 13.0. The highest BCUT2D eigenvalue weighted by atomic mass is 16.5. The number of pyridine rings is 1. The summed E-state index contributed by atoms with van der Waals surface area (Å²) in [4.78, 5) is 11.8. The number of ether oxygens (including phenoxy) is 1. The van der Waals surface area contributed by atoms with Gasteiger partial charge in [-0.05, 0) is 35.9 Å². The summed E-state index contributed by atoms with van der Waals surface area (Å²) in [5.74, 6) is 0.798. The number of aromatic nitrogens is 1. The summed E-state index contributed by atoms with van der Waals surface area (Å²) in [6.07, 6.45) is 1.72. The van der Waals surface area contributed by atoms with Crippen molar-refractivity contribution in [2.45, 2.75) is 6.54 Å². The Bertz CT molecular complexity index is 597. The number of hydrogen-bond acceptors (Lipinski definition) is 2. The second kappa shape index (κ2) is 5.36. The van der Waals surface area contributed by atoms with Crippen LogP contribution in [0.3, 0.4) is 0 Å². The first-order valence-electron chi connectivity index (χ1n) is 5.71. The molecule has 3 nitrogen and oxygen atoms in total. The van der Waals surface area contributed by atoms with Crippen LogP contribution in [-0.4, -0.2) is 11.7 Å². The number of nitrogens with zero attached hydrogens (tertiary/aromatic N) is 1. The summed E-state index contributed by atoms with van der Waals surface area (Å²) >= 11 is 0. The lowest BCUT2D eigenvalue weighted by Crippen LogP contribution is -2.19. The molecule has 1 aromatic heterocycles. The predicted molar refractivity (Wildman–Crippen MR) is 72.9 cm³/mol. The fourth-order valence-corrected chi connectivity index (χ4v) is 1.85. The normalized spacial score (nSPS) is 10.1. The Balaban J connectivity index is 2.52. The number of hydrogen-bond donors (Lipinski definition) is 0. The van der Waals surface area contributed by atoms with Gasteiger partial charge in [-0.1, -0.05) is 12.1 Å². The molecule has 1 heterocycles.